The number of hydrogen-bond acceptors (Lipinski definition) is 5. The third kappa shape index (κ3) is 4.42. The molecule has 0 aliphatic heterocycles. The Morgan fingerprint density at radius 1 is 1.00 bits per heavy atom. The summed E-state index contributed by atoms with van der Waals surface area (Å²) >= 11 is 0. The molecule has 0 aliphatic carbocycles. The van der Waals surface area contributed by atoms with Crippen LogP contribution in [0.4, 0.5) is 5.69 Å². The Morgan fingerprint density at radius 2 is 1.70 bits per heavy atom. The number of nitrogens with one attached hydrogen (secondary N) is 3. The maximum Gasteiger partial charge on any atom is 0.329 e. The zero-order valence-electron chi connectivity index (χ0n) is 18.0. The number of carbonyl (C=O) groups is 2. The summed E-state index contributed by atoms with van der Waals surface area (Å²) in [6.45, 7) is 1.88. The molecule has 9 nitrogen and oxygen atoms in total. The molecule has 166 valence electrons. The van der Waals surface area contributed by atoms with Crippen molar-refractivity contribution in [2.24, 2.45) is 7.05 Å². The zero-order chi connectivity index (χ0) is 23.5. The number of H-pyrrole nitrogens is 1. The van der Waals surface area contributed by atoms with E-state index in [0.29, 0.717) is 11.3 Å². The van der Waals surface area contributed by atoms with Crippen LogP contribution in [0, 0.1) is 0 Å². The van der Waals surface area contributed by atoms with Gasteiger partial charge in [-0.25, -0.2) is 9.78 Å². The maximum absolute atomic E-state index is 12.9. The summed E-state index contributed by atoms with van der Waals surface area (Å²) < 4.78 is 1.19. The zero-order valence-corrected chi connectivity index (χ0v) is 18.0. The molecule has 1 atom stereocenters. The van der Waals surface area contributed by atoms with Crippen molar-refractivity contribution >= 4 is 28.5 Å². The van der Waals surface area contributed by atoms with Gasteiger partial charge in [0.2, 0.25) is 0 Å². The van der Waals surface area contributed by atoms with Crippen LogP contribution >= 0.6 is 0 Å². The molecule has 0 saturated carbocycles. The summed E-state index contributed by atoms with van der Waals surface area (Å²) in [6.07, 6.45) is 1.27. The predicted molar refractivity (Wildman–Crippen MR) is 124 cm³/mol. The molecule has 0 unspecified atom stereocenters. The highest BCUT2D eigenvalue weighted by molar-refractivity contribution is 6.09. The lowest BCUT2D eigenvalue weighted by molar-refractivity contribution is 0.0940. The van der Waals surface area contributed by atoms with Gasteiger partial charge >= 0.3 is 5.69 Å². The number of anilines is 1. The van der Waals surface area contributed by atoms with Crippen molar-refractivity contribution in [2.75, 3.05) is 5.32 Å². The van der Waals surface area contributed by atoms with Gasteiger partial charge in [-0.2, -0.15) is 0 Å². The third-order valence-corrected chi connectivity index (χ3v) is 5.28. The van der Waals surface area contributed by atoms with Crippen molar-refractivity contribution in [3.05, 3.63) is 104 Å². The molecule has 0 radical (unpaired) electrons. The summed E-state index contributed by atoms with van der Waals surface area (Å²) in [4.78, 5) is 55.9. The average Bonchev–Trinajstić information content (AvgIpc) is 2.83. The van der Waals surface area contributed by atoms with Crippen molar-refractivity contribution in [1.82, 2.24) is 19.9 Å². The molecule has 0 aliphatic rings. The Morgan fingerprint density at radius 3 is 2.45 bits per heavy atom. The number of aryl methyl sites for hydroxylation is 1. The standard InChI is InChI=1S/C24H21N5O4/c1-14(15-8-4-3-5-9-15)26-22(31)17-10-6-7-11-19(17)27-21(30)16-12-18-20(25-13-16)29(2)24(33)28-23(18)32/h3-14H,1-2H3,(H,26,31)(H,27,30)(H,28,32,33)/t14-/m0/s1. The molecule has 4 aromatic rings. The van der Waals surface area contributed by atoms with Crippen molar-refractivity contribution in [2.45, 2.75) is 13.0 Å². The van der Waals surface area contributed by atoms with Gasteiger partial charge in [-0.15, -0.1) is 0 Å². The van der Waals surface area contributed by atoms with E-state index in [9.17, 15) is 19.2 Å². The minimum Gasteiger partial charge on any atom is -0.345 e. The van der Waals surface area contributed by atoms with Crippen LogP contribution < -0.4 is 21.9 Å². The number of amides is 2. The van der Waals surface area contributed by atoms with Gasteiger partial charge in [0.1, 0.15) is 5.65 Å². The highest BCUT2D eigenvalue weighted by atomic mass is 16.2. The highest BCUT2D eigenvalue weighted by Gasteiger charge is 2.17. The van der Waals surface area contributed by atoms with E-state index in [2.05, 4.69) is 20.6 Å². The molecule has 4 rings (SSSR count). The fourth-order valence-electron chi connectivity index (χ4n) is 3.44. The molecule has 0 spiro atoms. The van der Waals surface area contributed by atoms with E-state index in [1.165, 1.54) is 23.9 Å². The third-order valence-electron chi connectivity index (χ3n) is 5.28. The van der Waals surface area contributed by atoms with Crippen LogP contribution in [0.25, 0.3) is 11.0 Å². The van der Waals surface area contributed by atoms with E-state index in [0.717, 1.165) is 5.56 Å². The quantitative estimate of drug-likeness (QED) is 0.437. The molecule has 3 N–H and O–H groups in total. The fourth-order valence-corrected chi connectivity index (χ4v) is 3.44. The Hall–Kier alpha value is -4.53. The molecule has 2 aromatic carbocycles. The number of benzene rings is 2. The van der Waals surface area contributed by atoms with Gasteiger partial charge in [-0.1, -0.05) is 42.5 Å². The Bertz CT molecular complexity index is 1470. The molecule has 0 bridgehead atoms. The number of aromatic nitrogens is 3. The first-order chi connectivity index (χ1) is 15.8. The number of nitrogens with zero attached hydrogens (tertiary/aromatic N) is 2. The highest BCUT2D eigenvalue weighted by Crippen LogP contribution is 2.19. The number of aromatic amines is 1. The first-order valence-corrected chi connectivity index (χ1v) is 10.2. The molecule has 9 heteroatoms. The van der Waals surface area contributed by atoms with Crippen molar-refractivity contribution in [3.8, 4) is 0 Å². The molecule has 0 saturated heterocycles. The molecule has 2 amide bonds. The van der Waals surface area contributed by atoms with E-state index in [4.69, 9.17) is 0 Å². The Balaban J connectivity index is 1.59. The van der Waals surface area contributed by atoms with Gasteiger partial charge in [-0.3, -0.25) is 23.9 Å². The van der Waals surface area contributed by atoms with Gasteiger partial charge in [0.15, 0.2) is 0 Å². The van der Waals surface area contributed by atoms with E-state index in [1.54, 1.807) is 24.3 Å². The lowest BCUT2D eigenvalue weighted by Gasteiger charge is -2.16. The maximum atomic E-state index is 12.9. The first-order valence-electron chi connectivity index (χ1n) is 10.2. The number of rotatable bonds is 5. The van der Waals surface area contributed by atoms with E-state index in [1.807, 2.05) is 37.3 Å². The van der Waals surface area contributed by atoms with Crippen molar-refractivity contribution in [1.29, 1.82) is 0 Å². The topological polar surface area (TPSA) is 126 Å². The van der Waals surface area contributed by atoms with E-state index >= 15 is 0 Å². The molecule has 2 heterocycles. The molecule has 33 heavy (non-hydrogen) atoms. The second kappa shape index (κ2) is 8.91. The lowest BCUT2D eigenvalue weighted by atomic mass is 10.1. The smallest absolute Gasteiger partial charge is 0.329 e. The number of hydrogen-bond donors (Lipinski definition) is 3. The van der Waals surface area contributed by atoms with Gasteiger partial charge in [0.25, 0.3) is 17.4 Å². The van der Waals surface area contributed by atoms with Crippen LogP contribution in [0.3, 0.4) is 0 Å². The minimum atomic E-state index is -0.634. The number of carbonyl (C=O) groups excluding carboxylic acids is 2. The average molecular weight is 443 g/mol. The molecule has 2 aromatic heterocycles. The van der Waals surface area contributed by atoms with Gasteiger partial charge in [-0.05, 0) is 30.7 Å². The normalized spacial score (nSPS) is 11.7. The van der Waals surface area contributed by atoms with Gasteiger partial charge in [0, 0.05) is 13.2 Å². The van der Waals surface area contributed by atoms with Gasteiger partial charge < -0.3 is 10.6 Å². The van der Waals surface area contributed by atoms with Crippen molar-refractivity contribution in [3.63, 3.8) is 0 Å². The summed E-state index contributed by atoms with van der Waals surface area (Å²) in [6, 6.07) is 17.3. The SMILES string of the molecule is C[C@H](NC(=O)c1ccccc1NC(=O)c1cnc2c(c1)c(=O)[nH]c(=O)n2C)c1ccccc1. The van der Waals surface area contributed by atoms with E-state index < -0.39 is 17.2 Å². The second-order valence-electron chi connectivity index (χ2n) is 7.52. The fraction of sp³-hybridized carbons (Fsp3) is 0.125. The number of fused-ring (bicyclic) bond motifs is 1. The largest absolute Gasteiger partial charge is 0.345 e. The molecule has 0 fully saturated rings. The summed E-state index contributed by atoms with van der Waals surface area (Å²) in [5.41, 5.74) is 0.605. The number of para-hydroxylation sites is 1. The van der Waals surface area contributed by atoms with Gasteiger partial charge in [0.05, 0.1) is 28.2 Å². The predicted octanol–water partition coefficient (Wildman–Crippen LogP) is 2.37. The first kappa shape index (κ1) is 21.7. The number of pyridine rings is 1. The van der Waals surface area contributed by atoms with E-state index in [-0.39, 0.29) is 28.5 Å². The van der Waals surface area contributed by atoms with Crippen LogP contribution in [0.15, 0.2) is 76.4 Å². The summed E-state index contributed by atoms with van der Waals surface area (Å²) in [5, 5.41) is 5.74. The van der Waals surface area contributed by atoms with Crippen LogP contribution in [0.1, 0.15) is 39.2 Å². The minimum absolute atomic E-state index is 0.104. The van der Waals surface area contributed by atoms with Crippen LogP contribution in [0.2, 0.25) is 0 Å². The summed E-state index contributed by atoms with van der Waals surface area (Å²) in [7, 11) is 1.47. The van der Waals surface area contributed by atoms with Crippen LogP contribution in [0.5, 0.6) is 0 Å². The van der Waals surface area contributed by atoms with Crippen LogP contribution in [-0.4, -0.2) is 26.3 Å². The van der Waals surface area contributed by atoms with Crippen molar-refractivity contribution < 1.29 is 9.59 Å². The van der Waals surface area contributed by atoms with Crippen LogP contribution in [-0.2, 0) is 7.05 Å². The molecular formula is C24H21N5O4. The monoisotopic (exact) mass is 443 g/mol. The Kier molecular flexibility index (Phi) is 5.86. The summed E-state index contributed by atoms with van der Waals surface area (Å²) in [5.74, 6) is -0.889. The second-order valence-corrected chi connectivity index (χ2v) is 7.52. The lowest BCUT2D eigenvalue weighted by Crippen LogP contribution is -2.29. The Labute approximate surface area is 188 Å². The molecular weight excluding hydrogens is 422 g/mol.